The Morgan fingerprint density at radius 1 is 1.14 bits per heavy atom. The monoisotopic (exact) mass is 422 g/mol. The third kappa shape index (κ3) is 4.84. The summed E-state index contributed by atoms with van der Waals surface area (Å²) in [5.41, 5.74) is 4.82. The van der Waals surface area contributed by atoms with E-state index in [-0.39, 0.29) is 24.5 Å². The van der Waals surface area contributed by atoms with Gasteiger partial charge in [-0.1, -0.05) is 29.8 Å². The molecule has 1 aliphatic heterocycles. The quantitative estimate of drug-likeness (QED) is 0.742. The fourth-order valence-electron chi connectivity index (χ4n) is 3.56. The van der Waals surface area contributed by atoms with Crippen LogP contribution in [0.15, 0.2) is 59.5 Å². The first kappa shape index (κ1) is 20.6. The van der Waals surface area contributed by atoms with Crippen LogP contribution in [-0.4, -0.2) is 38.3 Å². The summed E-state index contributed by atoms with van der Waals surface area (Å²) in [6, 6.07) is 15.3. The van der Waals surface area contributed by atoms with E-state index in [9.17, 15) is 13.2 Å². The standard InChI is InChI=1S/C20H23ClN2O4S/c21-16-7-9-18(10-8-16)28(25,26)23-12-4-11-20(14-23,13-19(22)24)15-27-17-5-2-1-3-6-17/h1-3,5-10H,4,11-15H2,(H2,22,24)/t20-/m0/s1. The van der Waals surface area contributed by atoms with Gasteiger partial charge in [0.1, 0.15) is 5.75 Å². The molecule has 150 valence electrons. The number of hydrogen-bond donors (Lipinski definition) is 1. The van der Waals surface area contributed by atoms with Gasteiger partial charge in [-0.05, 0) is 49.2 Å². The number of hydrogen-bond acceptors (Lipinski definition) is 4. The molecule has 1 amide bonds. The lowest BCUT2D eigenvalue weighted by atomic mass is 9.78. The zero-order chi connectivity index (χ0) is 20.2. The maximum atomic E-state index is 13.1. The maximum absolute atomic E-state index is 13.1. The van der Waals surface area contributed by atoms with Gasteiger partial charge in [0.05, 0.1) is 11.5 Å². The lowest BCUT2D eigenvalue weighted by Crippen LogP contribution is -2.50. The average Bonchev–Trinajstić information content (AvgIpc) is 2.67. The van der Waals surface area contributed by atoms with Gasteiger partial charge < -0.3 is 10.5 Å². The van der Waals surface area contributed by atoms with Crippen molar-refractivity contribution in [1.82, 2.24) is 4.31 Å². The summed E-state index contributed by atoms with van der Waals surface area (Å²) in [7, 11) is -3.70. The minimum Gasteiger partial charge on any atom is -0.493 e. The Bertz CT molecular complexity index is 919. The Hall–Kier alpha value is -2.09. The second-order valence-corrected chi connectivity index (χ2v) is 9.52. The van der Waals surface area contributed by atoms with Gasteiger partial charge in [0.2, 0.25) is 15.9 Å². The van der Waals surface area contributed by atoms with Crippen molar-refractivity contribution in [2.75, 3.05) is 19.7 Å². The van der Waals surface area contributed by atoms with E-state index in [1.165, 1.54) is 16.4 Å². The smallest absolute Gasteiger partial charge is 0.243 e. The van der Waals surface area contributed by atoms with Crippen LogP contribution in [0.1, 0.15) is 19.3 Å². The van der Waals surface area contributed by atoms with Gasteiger partial charge in [-0.25, -0.2) is 8.42 Å². The minimum atomic E-state index is -3.70. The molecule has 0 unspecified atom stereocenters. The number of sulfonamides is 1. The highest BCUT2D eigenvalue weighted by Crippen LogP contribution is 2.36. The molecule has 0 aromatic heterocycles. The molecule has 6 nitrogen and oxygen atoms in total. The summed E-state index contributed by atoms with van der Waals surface area (Å²) >= 11 is 5.87. The predicted molar refractivity (Wildman–Crippen MR) is 108 cm³/mol. The summed E-state index contributed by atoms with van der Waals surface area (Å²) in [6.45, 7) is 0.775. The minimum absolute atomic E-state index is 0.0620. The largest absolute Gasteiger partial charge is 0.493 e. The molecular formula is C20H23ClN2O4S. The fourth-order valence-corrected chi connectivity index (χ4v) is 5.28. The number of amides is 1. The third-order valence-electron chi connectivity index (χ3n) is 4.92. The summed E-state index contributed by atoms with van der Waals surface area (Å²) in [5.74, 6) is 0.200. The van der Waals surface area contributed by atoms with Crippen molar-refractivity contribution in [1.29, 1.82) is 0 Å². The molecule has 28 heavy (non-hydrogen) atoms. The maximum Gasteiger partial charge on any atom is 0.243 e. The Balaban J connectivity index is 1.83. The van der Waals surface area contributed by atoms with Crippen LogP contribution in [0.4, 0.5) is 0 Å². The zero-order valence-corrected chi connectivity index (χ0v) is 17.0. The highest BCUT2D eigenvalue weighted by Gasteiger charge is 2.42. The second kappa shape index (κ2) is 8.51. The van der Waals surface area contributed by atoms with Gasteiger partial charge in [0.25, 0.3) is 0 Å². The van der Waals surface area contributed by atoms with Crippen molar-refractivity contribution >= 4 is 27.5 Å². The van der Waals surface area contributed by atoms with Gasteiger partial charge in [0, 0.05) is 29.9 Å². The molecule has 0 spiro atoms. The molecule has 0 aliphatic carbocycles. The van der Waals surface area contributed by atoms with Crippen molar-refractivity contribution in [3.8, 4) is 5.75 Å². The van der Waals surface area contributed by atoms with E-state index in [2.05, 4.69) is 0 Å². The van der Waals surface area contributed by atoms with E-state index >= 15 is 0 Å². The van der Waals surface area contributed by atoms with Crippen molar-refractivity contribution in [2.45, 2.75) is 24.2 Å². The lowest BCUT2D eigenvalue weighted by molar-refractivity contribution is -0.121. The number of halogens is 1. The highest BCUT2D eigenvalue weighted by atomic mass is 35.5. The molecule has 8 heteroatoms. The molecule has 1 atom stereocenters. The number of benzene rings is 2. The van der Waals surface area contributed by atoms with Gasteiger partial charge >= 0.3 is 0 Å². The van der Waals surface area contributed by atoms with Crippen LogP contribution in [0.3, 0.4) is 0 Å². The normalized spacial score (nSPS) is 20.6. The van der Waals surface area contributed by atoms with Gasteiger partial charge in [-0.15, -0.1) is 0 Å². The van der Waals surface area contributed by atoms with E-state index < -0.39 is 21.3 Å². The summed E-state index contributed by atoms with van der Waals surface area (Å²) in [6.07, 6.45) is 1.35. The van der Waals surface area contributed by atoms with Gasteiger partial charge in [0.15, 0.2) is 0 Å². The molecule has 0 bridgehead atoms. The molecule has 0 saturated carbocycles. The fraction of sp³-hybridized carbons (Fsp3) is 0.350. The third-order valence-corrected chi connectivity index (χ3v) is 7.03. The molecule has 3 rings (SSSR count). The molecule has 2 aromatic rings. The van der Waals surface area contributed by atoms with Crippen LogP contribution in [-0.2, 0) is 14.8 Å². The summed E-state index contributed by atoms with van der Waals surface area (Å²) < 4.78 is 33.4. The topological polar surface area (TPSA) is 89.7 Å². The Kier molecular flexibility index (Phi) is 6.27. The highest BCUT2D eigenvalue weighted by molar-refractivity contribution is 7.89. The molecule has 2 aromatic carbocycles. The van der Waals surface area contributed by atoms with Crippen LogP contribution >= 0.6 is 11.6 Å². The first-order chi connectivity index (χ1) is 13.3. The van der Waals surface area contributed by atoms with E-state index in [0.29, 0.717) is 30.2 Å². The average molecular weight is 423 g/mol. The van der Waals surface area contributed by atoms with Crippen LogP contribution < -0.4 is 10.5 Å². The van der Waals surface area contributed by atoms with Crippen molar-refractivity contribution in [2.24, 2.45) is 11.1 Å². The number of carbonyl (C=O) groups is 1. The van der Waals surface area contributed by atoms with Crippen LogP contribution in [0.25, 0.3) is 0 Å². The lowest BCUT2D eigenvalue weighted by Gasteiger charge is -2.41. The van der Waals surface area contributed by atoms with Gasteiger partial charge in [-0.3, -0.25) is 4.79 Å². The first-order valence-electron chi connectivity index (χ1n) is 9.03. The predicted octanol–water partition coefficient (Wildman–Crippen LogP) is 3.07. The van der Waals surface area contributed by atoms with Crippen LogP contribution in [0, 0.1) is 5.41 Å². The van der Waals surface area contributed by atoms with Crippen molar-refractivity contribution in [3.63, 3.8) is 0 Å². The van der Waals surface area contributed by atoms with Crippen molar-refractivity contribution in [3.05, 3.63) is 59.6 Å². The number of primary amides is 1. The Morgan fingerprint density at radius 3 is 2.46 bits per heavy atom. The SMILES string of the molecule is NC(=O)C[C@@]1(COc2ccccc2)CCCN(S(=O)(=O)c2ccc(Cl)cc2)C1. The number of ether oxygens (including phenoxy) is 1. The molecule has 1 fully saturated rings. The molecule has 0 radical (unpaired) electrons. The van der Waals surface area contributed by atoms with Crippen molar-refractivity contribution < 1.29 is 17.9 Å². The summed E-state index contributed by atoms with van der Waals surface area (Å²) in [5, 5.41) is 0.469. The van der Waals surface area contributed by atoms with E-state index in [0.717, 1.165) is 0 Å². The number of piperidine rings is 1. The van der Waals surface area contributed by atoms with E-state index in [4.69, 9.17) is 22.1 Å². The van der Waals surface area contributed by atoms with Crippen LogP contribution in [0.2, 0.25) is 5.02 Å². The second-order valence-electron chi connectivity index (χ2n) is 7.14. The number of nitrogens with zero attached hydrogens (tertiary/aromatic N) is 1. The van der Waals surface area contributed by atoms with Gasteiger partial charge in [-0.2, -0.15) is 4.31 Å². The number of rotatable bonds is 7. The van der Waals surface area contributed by atoms with Crippen LogP contribution in [0.5, 0.6) is 5.75 Å². The molecule has 2 N–H and O–H groups in total. The zero-order valence-electron chi connectivity index (χ0n) is 15.4. The Labute approximate surface area is 170 Å². The number of nitrogens with two attached hydrogens (primary N) is 1. The molecule has 1 heterocycles. The molecular weight excluding hydrogens is 400 g/mol. The summed E-state index contributed by atoms with van der Waals surface area (Å²) in [4.78, 5) is 11.9. The first-order valence-corrected chi connectivity index (χ1v) is 10.8. The van der Waals surface area contributed by atoms with E-state index in [1.54, 1.807) is 12.1 Å². The molecule has 1 aliphatic rings. The van der Waals surface area contributed by atoms with E-state index in [1.807, 2.05) is 30.3 Å². The Morgan fingerprint density at radius 2 is 1.82 bits per heavy atom. The number of para-hydroxylation sites is 1. The number of carbonyl (C=O) groups excluding carboxylic acids is 1. The molecule has 1 saturated heterocycles.